The number of esters is 1. The number of ether oxygens (including phenoxy) is 3. The Morgan fingerprint density at radius 3 is 2.56 bits per heavy atom. The molecule has 1 aliphatic heterocycles. The Kier molecular flexibility index (Phi) is 6.97. The Balaban J connectivity index is 2.10. The van der Waals surface area contributed by atoms with Gasteiger partial charge in [0.15, 0.2) is 0 Å². The molecule has 0 aliphatic carbocycles. The maximum atomic E-state index is 11.5. The van der Waals surface area contributed by atoms with E-state index < -0.39 is 18.2 Å². The number of benzene rings is 1. The van der Waals surface area contributed by atoms with E-state index in [-0.39, 0.29) is 18.3 Å². The molecule has 7 heteroatoms. The molecule has 0 saturated carbocycles. The van der Waals surface area contributed by atoms with E-state index in [1.54, 1.807) is 30.3 Å². The molecule has 136 valence electrons. The van der Waals surface area contributed by atoms with Gasteiger partial charge in [0, 0.05) is 18.9 Å². The normalized spacial score (nSPS) is 19.7. The topological polar surface area (TPSA) is 102 Å². The highest BCUT2D eigenvalue weighted by Gasteiger charge is 2.28. The van der Waals surface area contributed by atoms with Crippen LogP contribution >= 0.6 is 0 Å². The number of hydrogen-bond donors (Lipinski definition) is 2. The fourth-order valence-corrected chi connectivity index (χ4v) is 2.56. The molecule has 0 fully saturated rings. The largest absolute Gasteiger partial charge is 0.475 e. The van der Waals surface area contributed by atoms with Crippen molar-refractivity contribution in [3.8, 4) is 0 Å². The summed E-state index contributed by atoms with van der Waals surface area (Å²) in [4.78, 5) is 22.8. The van der Waals surface area contributed by atoms with Gasteiger partial charge in [-0.05, 0) is 36.6 Å². The lowest BCUT2D eigenvalue weighted by atomic mass is 9.92. The van der Waals surface area contributed by atoms with E-state index in [0.29, 0.717) is 31.4 Å². The van der Waals surface area contributed by atoms with Crippen molar-refractivity contribution in [1.29, 1.82) is 0 Å². The van der Waals surface area contributed by atoms with Crippen molar-refractivity contribution < 1.29 is 34.0 Å². The molecule has 2 atom stereocenters. The van der Waals surface area contributed by atoms with E-state index in [4.69, 9.17) is 14.6 Å². The zero-order chi connectivity index (χ0) is 18.2. The highest BCUT2D eigenvalue weighted by Crippen LogP contribution is 2.31. The third-order valence-electron chi connectivity index (χ3n) is 3.88. The molecular weight excluding hydrogens is 328 g/mol. The Morgan fingerprint density at radius 2 is 1.96 bits per heavy atom. The molecule has 1 aliphatic rings. The molecule has 0 aromatic heterocycles. The van der Waals surface area contributed by atoms with Crippen LogP contribution in [0.15, 0.2) is 36.1 Å². The lowest BCUT2D eigenvalue weighted by molar-refractivity contribution is -0.157. The van der Waals surface area contributed by atoms with Crippen LogP contribution in [0.3, 0.4) is 0 Å². The number of aliphatic hydroxyl groups is 1. The first-order valence-electron chi connectivity index (χ1n) is 8.07. The first kappa shape index (κ1) is 19.0. The Morgan fingerprint density at radius 1 is 1.24 bits per heavy atom. The number of methoxy groups -OCH3 is 1. The van der Waals surface area contributed by atoms with Crippen molar-refractivity contribution in [2.75, 3.05) is 20.3 Å². The molecule has 0 bridgehead atoms. The highest BCUT2D eigenvalue weighted by molar-refractivity contribution is 5.89. The predicted octanol–water partition coefficient (Wildman–Crippen LogP) is 2.06. The second-order valence-corrected chi connectivity index (χ2v) is 5.64. The van der Waals surface area contributed by atoms with Gasteiger partial charge in [-0.2, -0.15) is 0 Å². The van der Waals surface area contributed by atoms with Crippen molar-refractivity contribution in [2.24, 2.45) is 0 Å². The van der Waals surface area contributed by atoms with Gasteiger partial charge in [-0.3, -0.25) is 0 Å². The van der Waals surface area contributed by atoms with E-state index in [2.05, 4.69) is 4.74 Å². The zero-order valence-electron chi connectivity index (χ0n) is 14.0. The number of rotatable bonds is 8. The standard InChI is InChI=1S/C18H22O7/c1-23-18(22)13-6-4-12(5-7-13)14-10-15(17(20)21)25-16(11-14)24-9-3-2-8-19/h4-7,10,14,16,19H,2-3,8-9,11H2,1H3,(H,20,21)/t14-,16+/m1/s1. The summed E-state index contributed by atoms with van der Waals surface area (Å²) in [5.41, 5.74) is 1.29. The molecule has 0 spiro atoms. The molecule has 1 aromatic rings. The SMILES string of the molecule is COC(=O)c1ccc([C@@H]2C=C(C(=O)O)O[C@H](OCCCCO)C2)cc1. The fourth-order valence-electron chi connectivity index (χ4n) is 2.56. The third kappa shape index (κ3) is 5.30. The summed E-state index contributed by atoms with van der Waals surface area (Å²) in [6.45, 7) is 0.469. The Labute approximate surface area is 145 Å². The first-order valence-corrected chi connectivity index (χ1v) is 8.07. The van der Waals surface area contributed by atoms with E-state index in [1.807, 2.05) is 0 Å². The maximum absolute atomic E-state index is 11.5. The summed E-state index contributed by atoms with van der Waals surface area (Å²) in [5, 5.41) is 18.0. The van der Waals surface area contributed by atoms with E-state index in [0.717, 1.165) is 5.56 Å². The van der Waals surface area contributed by atoms with Crippen molar-refractivity contribution in [1.82, 2.24) is 0 Å². The smallest absolute Gasteiger partial charge is 0.370 e. The number of carboxylic acid groups (broad SMARTS) is 1. The minimum atomic E-state index is -1.15. The molecular formula is C18H22O7. The number of hydrogen-bond acceptors (Lipinski definition) is 6. The summed E-state index contributed by atoms with van der Waals surface area (Å²) >= 11 is 0. The minimum absolute atomic E-state index is 0.0876. The molecule has 7 nitrogen and oxygen atoms in total. The number of carbonyl (C=O) groups excluding carboxylic acids is 1. The number of unbranched alkanes of at least 4 members (excludes halogenated alkanes) is 1. The molecule has 0 radical (unpaired) electrons. The van der Waals surface area contributed by atoms with Gasteiger partial charge in [0.2, 0.25) is 12.0 Å². The number of carboxylic acids is 1. The molecule has 0 saturated heterocycles. The van der Waals surface area contributed by atoms with Crippen molar-refractivity contribution in [3.63, 3.8) is 0 Å². The van der Waals surface area contributed by atoms with Gasteiger partial charge in [0.05, 0.1) is 19.3 Å². The maximum Gasteiger partial charge on any atom is 0.370 e. The zero-order valence-corrected chi connectivity index (χ0v) is 14.0. The summed E-state index contributed by atoms with van der Waals surface area (Å²) in [5.74, 6) is -1.93. The number of aliphatic carboxylic acids is 1. The van der Waals surface area contributed by atoms with E-state index >= 15 is 0 Å². The predicted molar refractivity (Wildman–Crippen MR) is 88.0 cm³/mol. The van der Waals surface area contributed by atoms with Crippen LogP contribution in [0.4, 0.5) is 0 Å². The summed E-state index contributed by atoms with van der Waals surface area (Å²) in [6, 6.07) is 6.81. The van der Waals surface area contributed by atoms with Gasteiger partial charge in [0.1, 0.15) is 0 Å². The summed E-state index contributed by atoms with van der Waals surface area (Å²) in [7, 11) is 1.31. The first-order chi connectivity index (χ1) is 12.0. The Hall–Kier alpha value is -2.38. The molecule has 2 N–H and O–H groups in total. The Bertz CT molecular complexity index is 621. The van der Waals surface area contributed by atoms with Gasteiger partial charge in [-0.1, -0.05) is 12.1 Å². The lowest BCUT2D eigenvalue weighted by Gasteiger charge is -2.28. The van der Waals surface area contributed by atoms with Gasteiger partial charge < -0.3 is 24.4 Å². The second-order valence-electron chi connectivity index (χ2n) is 5.64. The van der Waals surface area contributed by atoms with Crippen LogP contribution in [0.1, 0.15) is 41.1 Å². The van der Waals surface area contributed by atoms with Crippen molar-refractivity contribution in [3.05, 3.63) is 47.2 Å². The fraction of sp³-hybridized carbons (Fsp3) is 0.444. The molecule has 0 unspecified atom stereocenters. The van der Waals surface area contributed by atoms with Crippen LogP contribution in [0, 0.1) is 0 Å². The molecule has 0 amide bonds. The van der Waals surface area contributed by atoms with Gasteiger partial charge in [0.25, 0.3) is 0 Å². The molecule has 1 aromatic carbocycles. The summed E-state index contributed by atoms with van der Waals surface area (Å²) in [6.07, 6.45) is 2.63. The summed E-state index contributed by atoms with van der Waals surface area (Å²) < 4.78 is 15.6. The monoisotopic (exact) mass is 350 g/mol. The second kappa shape index (κ2) is 9.19. The van der Waals surface area contributed by atoms with Crippen LogP contribution in [-0.4, -0.2) is 48.8 Å². The van der Waals surface area contributed by atoms with Gasteiger partial charge in [-0.25, -0.2) is 9.59 Å². The average molecular weight is 350 g/mol. The number of aliphatic hydroxyl groups excluding tert-OH is 1. The third-order valence-corrected chi connectivity index (χ3v) is 3.88. The lowest BCUT2D eigenvalue weighted by Crippen LogP contribution is -2.27. The highest BCUT2D eigenvalue weighted by atomic mass is 16.7. The van der Waals surface area contributed by atoms with Gasteiger partial charge in [-0.15, -0.1) is 0 Å². The van der Waals surface area contributed by atoms with Crippen molar-refractivity contribution in [2.45, 2.75) is 31.5 Å². The molecule has 1 heterocycles. The van der Waals surface area contributed by atoms with Crippen LogP contribution in [0.5, 0.6) is 0 Å². The van der Waals surface area contributed by atoms with Crippen LogP contribution < -0.4 is 0 Å². The molecule has 2 rings (SSSR count). The number of carbonyl (C=O) groups is 2. The van der Waals surface area contributed by atoms with Crippen LogP contribution in [0.25, 0.3) is 0 Å². The van der Waals surface area contributed by atoms with E-state index in [1.165, 1.54) is 7.11 Å². The van der Waals surface area contributed by atoms with Gasteiger partial charge >= 0.3 is 11.9 Å². The van der Waals surface area contributed by atoms with Crippen LogP contribution in [0.2, 0.25) is 0 Å². The number of allylic oxidation sites excluding steroid dienone is 1. The minimum Gasteiger partial charge on any atom is -0.475 e. The van der Waals surface area contributed by atoms with E-state index in [9.17, 15) is 14.7 Å². The molecule has 25 heavy (non-hydrogen) atoms. The van der Waals surface area contributed by atoms with Crippen molar-refractivity contribution >= 4 is 11.9 Å². The van der Waals surface area contributed by atoms with Crippen LogP contribution in [-0.2, 0) is 19.0 Å². The average Bonchev–Trinajstić information content (AvgIpc) is 2.64. The quantitative estimate of drug-likeness (QED) is 0.546.